The normalized spacial score (nSPS) is 23.4. The van der Waals surface area contributed by atoms with E-state index in [9.17, 15) is 9.59 Å². The fourth-order valence-electron chi connectivity index (χ4n) is 2.23. The molecule has 84 valence electrons. The maximum Gasteiger partial charge on any atom is 0.321 e. The van der Waals surface area contributed by atoms with E-state index >= 15 is 0 Å². The highest BCUT2D eigenvalue weighted by atomic mass is 16.5. The SMILES string of the molecule is COC(=O)C1(C(=O)N2CCCCC2)CC1. The molecule has 15 heavy (non-hydrogen) atoms. The smallest absolute Gasteiger partial charge is 0.321 e. The fraction of sp³-hybridized carbons (Fsp3) is 0.818. The molecule has 1 amide bonds. The van der Waals surface area contributed by atoms with E-state index in [0.717, 1.165) is 25.9 Å². The molecule has 0 unspecified atom stereocenters. The first-order valence-corrected chi connectivity index (χ1v) is 5.58. The van der Waals surface area contributed by atoms with Gasteiger partial charge in [0.2, 0.25) is 5.91 Å². The van der Waals surface area contributed by atoms with Gasteiger partial charge >= 0.3 is 5.97 Å². The third-order valence-corrected chi connectivity index (χ3v) is 3.38. The number of nitrogens with zero attached hydrogens (tertiary/aromatic N) is 1. The van der Waals surface area contributed by atoms with Crippen LogP contribution in [-0.4, -0.2) is 37.0 Å². The first-order valence-electron chi connectivity index (χ1n) is 5.58. The minimum atomic E-state index is -0.800. The first-order chi connectivity index (χ1) is 7.20. The molecule has 2 aliphatic rings. The molecule has 1 heterocycles. The second-order valence-electron chi connectivity index (χ2n) is 4.43. The molecule has 1 aliphatic carbocycles. The Morgan fingerprint density at radius 1 is 1.13 bits per heavy atom. The summed E-state index contributed by atoms with van der Waals surface area (Å²) in [6, 6.07) is 0. The Morgan fingerprint density at radius 2 is 1.73 bits per heavy atom. The summed E-state index contributed by atoms with van der Waals surface area (Å²) in [5.41, 5.74) is -0.800. The van der Waals surface area contributed by atoms with E-state index < -0.39 is 5.41 Å². The predicted molar refractivity (Wildman–Crippen MR) is 54.1 cm³/mol. The van der Waals surface area contributed by atoms with Gasteiger partial charge in [0.1, 0.15) is 5.41 Å². The van der Waals surface area contributed by atoms with Gasteiger partial charge in [0.05, 0.1) is 7.11 Å². The second kappa shape index (κ2) is 3.83. The van der Waals surface area contributed by atoms with Crippen molar-refractivity contribution < 1.29 is 14.3 Å². The van der Waals surface area contributed by atoms with Crippen molar-refractivity contribution in [2.75, 3.05) is 20.2 Å². The Kier molecular flexibility index (Phi) is 2.67. The highest BCUT2D eigenvalue weighted by Crippen LogP contribution is 2.48. The van der Waals surface area contributed by atoms with Gasteiger partial charge in [0.15, 0.2) is 0 Å². The number of ether oxygens (including phenoxy) is 1. The minimum absolute atomic E-state index is 0.00551. The quantitative estimate of drug-likeness (QED) is 0.504. The van der Waals surface area contributed by atoms with Crippen LogP contribution < -0.4 is 0 Å². The van der Waals surface area contributed by atoms with E-state index in [1.165, 1.54) is 13.5 Å². The van der Waals surface area contributed by atoms with Gasteiger partial charge < -0.3 is 9.64 Å². The Balaban J connectivity index is 2.03. The number of amides is 1. The number of likely N-dealkylation sites (tertiary alicyclic amines) is 1. The van der Waals surface area contributed by atoms with Crippen LogP contribution in [0.3, 0.4) is 0 Å². The monoisotopic (exact) mass is 211 g/mol. The number of hydrogen-bond acceptors (Lipinski definition) is 3. The second-order valence-corrected chi connectivity index (χ2v) is 4.43. The molecule has 0 bridgehead atoms. The van der Waals surface area contributed by atoms with Crippen LogP contribution in [0.1, 0.15) is 32.1 Å². The van der Waals surface area contributed by atoms with Gasteiger partial charge in [-0.3, -0.25) is 9.59 Å². The molecular formula is C11H17NO3. The topological polar surface area (TPSA) is 46.6 Å². The Labute approximate surface area is 89.6 Å². The maximum atomic E-state index is 12.1. The number of carbonyl (C=O) groups excluding carboxylic acids is 2. The van der Waals surface area contributed by atoms with E-state index in [0.29, 0.717) is 12.8 Å². The van der Waals surface area contributed by atoms with Crippen LogP contribution in [0, 0.1) is 5.41 Å². The highest BCUT2D eigenvalue weighted by molar-refractivity contribution is 6.05. The molecule has 0 aromatic carbocycles. The van der Waals surface area contributed by atoms with Crippen molar-refractivity contribution in [1.29, 1.82) is 0 Å². The highest BCUT2D eigenvalue weighted by Gasteiger charge is 2.59. The molecule has 0 aromatic rings. The van der Waals surface area contributed by atoms with Crippen molar-refractivity contribution in [3.63, 3.8) is 0 Å². The average molecular weight is 211 g/mol. The van der Waals surface area contributed by atoms with Crippen LogP contribution in [0.2, 0.25) is 0 Å². The molecule has 2 fully saturated rings. The zero-order valence-corrected chi connectivity index (χ0v) is 9.12. The van der Waals surface area contributed by atoms with Crippen molar-refractivity contribution in [3.8, 4) is 0 Å². The largest absolute Gasteiger partial charge is 0.468 e. The predicted octanol–water partition coefficient (Wildman–Crippen LogP) is 0.952. The van der Waals surface area contributed by atoms with Gasteiger partial charge in [0, 0.05) is 13.1 Å². The molecule has 4 nitrogen and oxygen atoms in total. The standard InChI is InChI=1S/C11H17NO3/c1-15-10(14)11(5-6-11)9(13)12-7-3-2-4-8-12/h2-8H2,1H3. The zero-order chi connectivity index (χ0) is 10.9. The Bertz CT molecular complexity index is 278. The van der Waals surface area contributed by atoms with Crippen LogP contribution >= 0.6 is 0 Å². The molecule has 0 N–H and O–H groups in total. The van der Waals surface area contributed by atoms with Gasteiger partial charge in [-0.15, -0.1) is 0 Å². The molecule has 0 radical (unpaired) electrons. The molecule has 1 saturated carbocycles. The molecule has 2 rings (SSSR count). The lowest BCUT2D eigenvalue weighted by Gasteiger charge is -2.29. The van der Waals surface area contributed by atoms with Gasteiger partial charge in [-0.25, -0.2) is 0 Å². The number of esters is 1. The molecule has 1 aliphatic heterocycles. The lowest BCUT2D eigenvalue weighted by molar-refractivity contribution is -0.156. The van der Waals surface area contributed by atoms with Crippen molar-refractivity contribution in [3.05, 3.63) is 0 Å². The number of piperidine rings is 1. The maximum absolute atomic E-state index is 12.1. The Hall–Kier alpha value is -1.06. The van der Waals surface area contributed by atoms with E-state index in [1.807, 2.05) is 4.90 Å². The van der Waals surface area contributed by atoms with E-state index in [1.54, 1.807) is 0 Å². The number of rotatable bonds is 2. The van der Waals surface area contributed by atoms with Crippen LogP contribution in [0.25, 0.3) is 0 Å². The molecule has 4 heteroatoms. The minimum Gasteiger partial charge on any atom is -0.468 e. The van der Waals surface area contributed by atoms with Crippen LogP contribution in [-0.2, 0) is 14.3 Å². The number of carbonyl (C=O) groups is 2. The van der Waals surface area contributed by atoms with Crippen LogP contribution in [0.15, 0.2) is 0 Å². The molecular weight excluding hydrogens is 194 g/mol. The van der Waals surface area contributed by atoms with Crippen molar-refractivity contribution in [1.82, 2.24) is 4.90 Å². The summed E-state index contributed by atoms with van der Waals surface area (Å²) in [4.78, 5) is 25.4. The lowest BCUT2D eigenvalue weighted by atomic mass is 10.0. The zero-order valence-electron chi connectivity index (χ0n) is 9.12. The van der Waals surface area contributed by atoms with Gasteiger partial charge in [0.25, 0.3) is 0 Å². The summed E-state index contributed by atoms with van der Waals surface area (Å²) in [6.45, 7) is 1.61. The third-order valence-electron chi connectivity index (χ3n) is 3.38. The molecule has 0 spiro atoms. The third kappa shape index (κ3) is 1.73. The Morgan fingerprint density at radius 3 is 2.20 bits per heavy atom. The van der Waals surface area contributed by atoms with E-state index in [2.05, 4.69) is 0 Å². The van der Waals surface area contributed by atoms with Gasteiger partial charge in [-0.05, 0) is 32.1 Å². The summed E-state index contributed by atoms with van der Waals surface area (Å²) in [7, 11) is 1.35. The lowest BCUT2D eigenvalue weighted by Crippen LogP contribution is -2.43. The molecule has 0 atom stereocenters. The average Bonchev–Trinajstić information content (AvgIpc) is 3.09. The van der Waals surface area contributed by atoms with Crippen molar-refractivity contribution in [2.24, 2.45) is 5.41 Å². The summed E-state index contributed by atoms with van der Waals surface area (Å²) in [5, 5.41) is 0. The van der Waals surface area contributed by atoms with Crippen LogP contribution in [0.4, 0.5) is 0 Å². The van der Waals surface area contributed by atoms with Crippen molar-refractivity contribution in [2.45, 2.75) is 32.1 Å². The fourth-order valence-corrected chi connectivity index (χ4v) is 2.23. The summed E-state index contributed by atoms with van der Waals surface area (Å²) in [6.07, 6.45) is 4.63. The summed E-state index contributed by atoms with van der Waals surface area (Å²) in [5.74, 6) is -0.355. The number of hydrogen-bond donors (Lipinski definition) is 0. The van der Waals surface area contributed by atoms with E-state index in [4.69, 9.17) is 4.74 Å². The summed E-state index contributed by atoms with van der Waals surface area (Å²) < 4.78 is 4.70. The molecule has 1 saturated heterocycles. The van der Waals surface area contributed by atoms with Crippen molar-refractivity contribution >= 4 is 11.9 Å². The summed E-state index contributed by atoms with van der Waals surface area (Å²) >= 11 is 0. The van der Waals surface area contributed by atoms with Gasteiger partial charge in [-0.1, -0.05) is 0 Å². The van der Waals surface area contributed by atoms with Crippen LogP contribution in [0.5, 0.6) is 0 Å². The molecule has 0 aromatic heterocycles. The van der Waals surface area contributed by atoms with Gasteiger partial charge in [-0.2, -0.15) is 0 Å². The number of methoxy groups -OCH3 is 1. The van der Waals surface area contributed by atoms with E-state index in [-0.39, 0.29) is 11.9 Å². The first kappa shape index (κ1) is 10.5.